The van der Waals surface area contributed by atoms with E-state index < -0.39 is 12.0 Å². The second-order valence-corrected chi connectivity index (χ2v) is 2.31. The molecule has 0 aliphatic rings. The number of rotatable bonds is 4. The summed E-state index contributed by atoms with van der Waals surface area (Å²) in [5.41, 5.74) is 4.97. The average Bonchev–Trinajstić information content (AvgIpc) is 2.03. The fraction of sp³-hybridized carbons (Fsp3) is 0.571. The minimum atomic E-state index is -0.507. The summed E-state index contributed by atoms with van der Waals surface area (Å²) in [5, 5.41) is 2.43. The lowest BCUT2D eigenvalue weighted by atomic mass is 10.1. The number of nitrogens with one attached hydrogen (secondary N) is 1. The predicted molar refractivity (Wildman–Crippen MR) is 43.1 cm³/mol. The first-order valence-electron chi connectivity index (χ1n) is 3.52. The molecular formula is C7H13N2O3. The summed E-state index contributed by atoms with van der Waals surface area (Å²) in [6.45, 7) is 1.99. The van der Waals surface area contributed by atoms with Crippen molar-refractivity contribution in [1.29, 1.82) is 0 Å². The molecule has 0 unspecified atom stereocenters. The van der Waals surface area contributed by atoms with E-state index in [1.165, 1.54) is 7.11 Å². The molecule has 0 rings (SSSR count). The topological polar surface area (TPSA) is 81.4 Å². The fourth-order valence-corrected chi connectivity index (χ4v) is 0.547. The number of nitrogens with two attached hydrogens (primary N) is 1. The molecule has 0 atom stereocenters. The largest absolute Gasteiger partial charge is 0.453 e. The molecule has 1 radical (unpaired) electrons. The van der Waals surface area contributed by atoms with E-state index in [0.717, 1.165) is 0 Å². The maximum atomic E-state index is 10.5. The lowest BCUT2D eigenvalue weighted by Crippen LogP contribution is -2.28. The smallest absolute Gasteiger partial charge is 0.406 e. The molecule has 69 valence electrons. The number of hydrogen-bond donors (Lipinski definition) is 2. The number of methoxy groups -OCH3 is 1. The quantitative estimate of drug-likeness (QED) is 0.618. The van der Waals surface area contributed by atoms with Crippen LogP contribution in [-0.2, 0) is 9.53 Å². The molecule has 0 saturated heterocycles. The second kappa shape index (κ2) is 5.40. The Morgan fingerprint density at radius 1 is 1.50 bits per heavy atom. The molecule has 3 N–H and O–H groups in total. The molecule has 0 aliphatic heterocycles. The van der Waals surface area contributed by atoms with Crippen LogP contribution in [0.4, 0.5) is 4.79 Å². The Bertz CT molecular complexity index is 170. The van der Waals surface area contributed by atoms with Gasteiger partial charge in [0, 0.05) is 6.54 Å². The molecular weight excluding hydrogens is 160 g/mol. The molecule has 0 aliphatic carbocycles. The zero-order valence-corrected chi connectivity index (χ0v) is 7.22. The molecule has 0 aromatic heterocycles. The van der Waals surface area contributed by atoms with Crippen LogP contribution in [0.2, 0.25) is 0 Å². The average molecular weight is 173 g/mol. The van der Waals surface area contributed by atoms with Gasteiger partial charge in [0.25, 0.3) is 0 Å². The number of primary amides is 1. The Balaban J connectivity index is 3.43. The van der Waals surface area contributed by atoms with Crippen LogP contribution in [0.15, 0.2) is 0 Å². The summed E-state index contributed by atoms with van der Waals surface area (Å²) in [6, 6.07) is 0. The van der Waals surface area contributed by atoms with Crippen molar-refractivity contribution in [2.24, 2.45) is 5.73 Å². The third-order valence-corrected chi connectivity index (χ3v) is 1.38. The maximum absolute atomic E-state index is 10.5. The van der Waals surface area contributed by atoms with Crippen LogP contribution < -0.4 is 11.1 Å². The van der Waals surface area contributed by atoms with E-state index in [4.69, 9.17) is 5.73 Å². The van der Waals surface area contributed by atoms with Crippen molar-refractivity contribution in [3.05, 3.63) is 5.92 Å². The highest BCUT2D eigenvalue weighted by Crippen LogP contribution is 2.00. The van der Waals surface area contributed by atoms with E-state index >= 15 is 0 Å². The van der Waals surface area contributed by atoms with Gasteiger partial charge in [-0.05, 0) is 13.3 Å². The molecule has 0 heterocycles. The molecule has 0 aromatic rings. The highest BCUT2D eigenvalue weighted by Gasteiger charge is 2.09. The lowest BCUT2D eigenvalue weighted by Gasteiger charge is -2.06. The van der Waals surface area contributed by atoms with Gasteiger partial charge in [0.15, 0.2) is 0 Å². The van der Waals surface area contributed by atoms with Gasteiger partial charge in [0.1, 0.15) is 0 Å². The maximum Gasteiger partial charge on any atom is 0.406 e. The van der Waals surface area contributed by atoms with Gasteiger partial charge in [-0.25, -0.2) is 4.79 Å². The number of alkyl carbamates (subject to hydrolysis) is 1. The number of ether oxygens (including phenoxy) is 1. The first-order chi connectivity index (χ1) is 5.57. The van der Waals surface area contributed by atoms with Crippen molar-refractivity contribution < 1.29 is 14.3 Å². The predicted octanol–water partition coefficient (Wildman–Crippen LogP) is -0.188. The number of amides is 2. The number of carbonyl (C=O) groups is 2. The van der Waals surface area contributed by atoms with Crippen LogP contribution in [0, 0.1) is 5.92 Å². The lowest BCUT2D eigenvalue weighted by molar-refractivity contribution is -0.116. The van der Waals surface area contributed by atoms with E-state index in [9.17, 15) is 9.59 Å². The molecule has 2 amide bonds. The summed E-state index contributed by atoms with van der Waals surface area (Å²) in [6.07, 6.45) is -0.0583. The van der Waals surface area contributed by atoms with Gasteiger partial charge in [-0.3, -0.25) is 4.79 Å². The summed E-state index contributed by atoms with van der Waals surface area (Å²) < 4.78 is 4.32. The van der Waals surface area contributed by atoms with Crippen molar-refractivity contribution in [1.82, 2.24) is 5.32 Å². The monoisotopic (exact) mass is 173 g/mol. The van der Waals surface area contributed by atoms with Crippen LogP contribution in [0.5, 0.6) is 0 Å². The van der Waals surface area contributed by atoms with Crippen molar-refractivity contribution in [2.75, 3.05) is 13.7 Å². The summed E-state index contributed by atoms with van der Waals surface area (Å²) in [4.78, 5) is 21.0. The van der Waals surface area contributed by atoms with E-state index in [-0.39, 0.29) is 0 Å². The Morgan fingerprint density at radius 3 is 2.50 bits per heavy atom. The van der Waals surface area contributed by atoms with Gasteiger partial charge in [0.2, 0.25) is 5.91 Å². The summed E-state index contributed by atoms with van der Waals surface area (Å²) in [5.74, 6) is 0.0908. The van der Waals surface area contributed by atoms with E-state index in [1.54, 1.807) is 6.92 Å². The number of hydrogen-bond acceptors (Lipinski definition) is 3. The SMILES string of the molecule is COC(=O)NCC[C](C)C(N)=O. The summed E-state index contributed by atoms with van der Waals surface area (Å²) >= 11 is 0. The van der Waals surface area contributed by atoms with Crippen molar-refractivity contribution in [3.8, 4) is 0 Å². The zero-order chi connectivity index (χ0) is 9.56. The second-order valence-electron chi connectivity index (χ2n) is 2.31. The molecule has 0 aromatic carbocycles. The van der Waals surface area contributed by atoms with E-state index in [1.807, 2.05) is 0 Å². The van der Waals surface area contributed by atoms with Crippen molar-refractivity contribution >= 4 is 12.0 Å². The minimum Gasteiger partial charge on any atom is -0.453 e. The van der Waals surface area contributed by atoms with Gasteiger partial charge in [-0.15, -0.1) is 0 Å². The molecule has 0 fully saturated rings. The van der Waals surface area contributed by atoms with Crippen molar-refractivity contribution in [3.63, 3.8) is 0 Å². The first-order valence-corrected chi connectivity index (χ1v) is 3.52. The summed E-state index contributed by atoms with van der Waals surface area (Å²) in [7, 11) is 1.28. The van der Waals surface area contributed by atoms with Gasteiger partial charge in [-0.1, -0.05) is 0 Å². The Kier molecular flexibility index (Phi) is 4.83. The molecule has 0 bridgehead atoms. The van der Waals surface area contributed by atoms with Gasteiger partial charge in [0.05, 0.1) is 13.0 Å². The highest BCUT2D eigenvalue weighted by molar-refractivity contribution is 5.87. The van der Waals surface area contributed by atoms with Crippen LogP contribution in [0.3, 0.4) is 0 Å². The first kappa shape index (κ1) is 10.7. The molecule has 0 spiro atoms. The fourth-order valence-electron chi connectivity index (χ4n) is 0.547. The molecule has 5 nitrogen and oxygen atoms in total. The van der Waals surface area contributed by atoms with Crippen LogP contribution in [0.25, 0.3) is 0 Å². The molecule has 0 saturated carbocycles. The van der Waals surface area contributed by atoms with Crippen molar-refractivity contribution in [2.45, 2.75) is 13.3 Å². The standard InChI is InChI=1S/C7H13N2O3/c1-5(6(8)10)3-4-9-7(11)12-2/h3-4H2,1-2H3,(H2,8,10)(H,9,11). The normalized spacial score (nSPS) is 9.58. The molecule has 5 heteroatoms. The van der Waals surface area contributed by atoms with E-state index in [2.05, 4.69) is 10.1 Å². The van der Waals surface area contributed by atoms with Gasteiger partial charge < -0.3 is 15.8 Å². The minimum absolute atomic E-state index is 0.363. The van der Waals surface area contributed by atoms with Crippen LogP contribution in [0.1, 0.15) is 13.3 Å². The van der Waals surface area contributed by atoms with Crippen LogP contribution in [-0.4, -0.2) is 25.7 Å². The van der Waals surface area contributed by atoms with Crippen LogP contribution >= 0.6 is 0 Å². The van der Waals surface area contributed by atoms with E-state index in [0.29, 0.717) is 18.9 Å². The Hall–Kier alpha value is -1.26. The third kappa shape index (κ3) is 4.54. The molecule has 12 heavy (non-hydrogen) atoms. The van der Waals surface area contributed by atoms with Gasteiger partial charge >= 0.3 is 6.09 Å². The highest BCUT2D eigenvalue weighted by atomic mass is 16.5. The van der Waals surface area contributed by atoms with Gasteiger partial charge in [-0.2, -0.15) is 0 Å². The zero-order valence-electron chi connectivity index (χ0n) is 7.22. The third-order valence-electron chi connectivity index (χ3n) is 1.38. The Labute approximate surface area is 71.3 Å². The number of carbonyl (C=O) groups excluding carboxylic acids is 2. The Morgan fingerprint density at radius 2 is 2.08 bits per heavy atom.